The first-order valence-electron chi connectivity index (χ1n) is 9.58. The minimum absolute atomic E-state index is 0.112. The van der Waals surface area contributed by atoms with Crippen molar-refractivity contribution in [2.24, 2.45) is 0 Å². The van der Waals surface area contributed by atoms with Crippen LogP contribution in [0.1, 0.15) is 43.5 Å². The van der Waals surface area contributed by atoms with Crippen LogP contribution in [0, 0.1) is 18.8 Å². The highest BCUT2D eigenvalue weighted by molar-refractivity contribution is 5.85. The lowest BCUT2D eigenvalue weighted by molar-refractivity contribution is 0.0749. The van der Waals surface area contributed by atoms with Crippen molar-refractivity contribution >= 4 is 16.9 Å². The molecule has 158 valence electrons. The molecule has 3 heterocycles. The van der Waals surface area contributed by atoms with Gasteiger partial charge in [-0.2, -0.15) is 10.1 Å². The number of rotatable bonds is 3. The van der Waals surface area contributed by atoms with Crippen LogP contribution in [0.25, 0.3) is 16.7 Å². The summed E-state index contributed by atoms with van der Waals surface area (Å²) in [4.78, 5) is 8.15. The molecule has 0 aliphatic heterocycles. The number of hydrogen-bond donors (Lipinski definition) is 3. The topological polar surface area (TPSA) is 136 Å². The Morgan fingerprint density at radius 1 is 1.13 bits per heavy atom. The number of nitrogens with zero attached hydrogens (tertiary/aromatic N) is 5. The molecule has 1 atom stereocenters. The second kappa shape index (κ2) is 7.19. The molecular formula is C22H22N6O3. The second-order valence-corrected chi connectivity index (χ2v) is 7.97. The Balaban J connectivity index is 1.84. The summed E-state index contributed by atoms with van der Waals surface area (Å²) in [6, 6.07) is 8.76. The molecule has 0 radical (unpaired) electrons. The summed E-state index contributed by atoms with van der Waals surface area (Å²) in [7, 11) is 0. The van der Waals surface area contributed by atoms with Crippen molar-refractivity contribution in [3.63, 3.8) is 0 Å². The Morgan fingerprint density at radius 3 is 2.55 bits per heavy atom. The number of aliphatic hydroxyl groups is 2. The molecule has 0 saturated carbocycles. The molecule has 9 heteroatoms. The van der Waals surface area contributed by atoms with Crippen molar-refractivity contribution in [3.05, 3.63) is 59.2 Å². The van der Waals surface area contributed by atoms with Gasteiger partial charge in [0.2, 0.25) is 5.95 Å². The summed E-state index contributed by atoms with van der Waals surface area (Å²) >= 11 is 0. The van der Waals surface area contributed by atoms with Gasteiger partial charge in [-0.1, -0.05) is 17.0 Å². The summed E-state index contributed by atoms with van der Waals surface area (Å²) in [6.07, 6.45) is 1.54. The zero-order chi connectivity index (χ0) is 22.4. The van der Waals surface area contributed by atoms with E-state index in [0.717, 1.165) is 5.39 Å². The first-order valence-corrected chi connectivity index (χ1v) is 9.58. The van der Waals surface area contributed by atoms with E-state index >= 15 is 0 Å². The van der Waals surface area contributed by atoms with Crippen LogP contribution in [0.4, 0.5) is 5.95 Å². The zero-order valence-corrected chi connectivity index (χ0v) is 17.6. The number of benzene rings is 1. The molecular weight excluding hydrogens is 396 g/mol. The van der Waals surface area contributed by atoms with Crippen LogP contribution in [-0.4, -0.2) is 35.1 Å². The van der Waals surface area contributed by atoms with Crippen molar-refractivity contribution in [1.82, 2.24) is 24.9 Å². The van der Waals surface area contributed by atoms with Crippen LogP contribution in [-0.2, 0) is 11.2 Å². The average molecular weight is 418 g/mol. The van der Waals surface area contributed by atoms with Gasteiger partial charge in [0, 0.05) is 29.3 Å². The average Bonchev–Trinajstić information content (AvgIpc) is 3.30. The fraction of sp³-hybridized carbons (Fsp3) is 0.273. The van der Waals surface area contributed by atoms with Crippen molar-refractivity contribution in [2.75, 3.05) is 5.73 Å². The number of aromatic nitrogens is 5. The van der Waals surface area contributed by atoms with Gasteiger partial charge in [-0.3, -0.25) is 0 Å². The largest absolute Gasteiger partial charge is 0.384 e. The predicted molar refractivity (Wildman–Crippen MR) is 114 cm³/mol. The van der Waals surface area contributed by atoms with Crippen molar-refractivity contribution in [3.8, 4) is 17.7 Å². The van der Waals surface area contributed by atoms with Gasteiger partial charge in [-0.15, -0.1) is 0 Å². The maximum Gasteiger partial charge on any atom is 0.221 e. The van der Waals surface area contributed by atoms with Crippen LogP contribution in [0.15, 0.2) is 41.1 Å². The standard InChI is InChI=1S/C22H22N6O3/c1-13-11-17(27-31-13)22(4,30)9-7-14-5-6-15-16(12-14)28(26-19(15)21(2,3)29)18-8-10-24-20(23)25-18/h5-6,8,10-12,29-30H,1-4H3,(H2,23,24,25). The van der Waals surface area contributed by atoms with Crippen LogP contribution >= 0.6 is 0 Å². The lowest BCUT2D eigenvalue weighted by atomic mass is 10.00. The molecule has 31 heavy (non-hydrogen) atoms. The fourth-order valence-electron chi connectivity index (χ4n) is 3.15. The number of nitrogen functional groups attached to an aromatic ring is 1. The number of aryl methyl sites for hydroxylation is 1. The normalized spacial score (nSPS) is 13.6. The predicted octanol–water partition coefficient (Wildman–Crippen LogP) is 2.18. The molecule has 4 rings (SSSR count). The van der Waals surface area contributed by atoms with Gasteiger partial charge < -0.3 is 20.5 Å². The Kier molecular flexibility index (Phi) is 4.76. The van der Waals surface area contributed by atoms with Gasteiger partial charge in [0.15, 0.2) is 11.4 Å². The van der Waals surface area contributed by atoms with E-state index in [1.807, 2.05) is 12.1 Å². The first kappa shape index (κ1) is 20.5. The second-order valence-electron chi connectivity index (χ2n) is 7.97. The van der Waals surface area contributed by atoms with E-state index in [1.165, 1.54) is 6.20 Å². The highest BCUT2D eigenvalue weighted by atomic mass is 16.5. The summed E-state index contributed by atoms with van der Waals surface area (Å²) in [5, 5.41) is 30.4. The Bertz CT molecular complexity index is 1330. The molecule has 1 aromatic carbocycles. The van der Waals surface area contributed by atoms with E-state index < -0.39 is 11.2 Å². The van der Waals surface area contributed by atoms with E-state index in [4.69, 9.17) is 10.3 Å². The van der Waals surface area contributed by atoms with Crippen molar-refractivity contribution in [1.29, 1.82) is 0 Å². The van der Waals surface area contributed by atoms with Crippen molar-refractivity contribution < 1.29 is 14.7 Å². The monoisotopic (exact) mass is 418 g/mol. The van der Waals surface area contributed by atoms with Crippen LogP contribution in [0.5, 0.6) is 0 Å². The molecule has 0 bridgehead atoms. The van der Waals surface area contributed by atoms with Gasteiger partial charge in [-0.05, 0) is 45.9 Å². The Hall–Kier alpha value is -3.74. The minimum atomic E-state index is -1.48. The molecule has 0 aliphatic carbocycles. The van der Waals surface area contributed by atoms with Gasteiger partial charge in [0.25, 0.3) is 0 Å². The molecule has 1 unspecified atom stereocenters. The number of hydrogen-bond acceptors (Lipinski definition) is 8. The summed E-state index contributed by atoms with van der Waals surface area (Å²) < 4.78 is 6.62. The van der Waals surface area contributed by atoms with E-state index in [2.05, 4.69) is 32.1 Å². The van der Waals surface area contributed by atoms with Crippen LogP contribution < -0.4 is 5.73 Å². The Morgan fingerprint density at radius 2 is 1.90 bits per heavy atom. The van der Waals surface area contributed by atoms with E-state index in [1.54, 1.807) is 50.6 Å². The molecule has 0 spiro atoms. The van der Waals surface area contributed by atoms with Gasteiger partial charge in [0.05, 0.1) is 5.52 Å². The quantitative estimate of drug-likeness (QED) is 0.431. The smallest absolute Gasteiger partial charge is 0.221 e. The fourth-order valence-corrected chi connectivity index (χ4v) is 3.15. The lowest BCUT2D eigenvalue weighted by Gasteiger charge is -2.14. The highest BCUT2D eigenvalue weighted by Gasteiger charge is 2.26. The zero-order valence-electron chi connectivity index (χ0n) is 17.6. The third-order valence-electron chi connectivity index (χ3n) is 4.71. The molecule has 0 saturated heterocycles. The lowest BCUT2D eigenvalue weighted by Crippen LogP contribution is -2.18. The summed E-state index contributed by atoms with van der Waals surface area (Å²) in [6.45, 7) is 6.63. The Labute approximate surface area is 178 Å². The number of fused-ring (bicyclic) bond motifs is 1. The minimum Gasteiger partial charge on any atom is -0.384 e. The van der Waals surface area contributed by atoms with E-state index in [0.29, 0.717) is 34.0 Å². The number of anilines is 1. The third-order valence-corrected chi connectivity index (χ3v) is 4.71. The molecule has 0 amide bonds. The van der Waals surface area contributed by atoms with Gasteiger partial charge in [-0.25, -0.2) is 9.67 Å². The van der Waals surface area contributed by atoms with Gasteiger partial charge in [0.1, 0.15) is 22.7 Å². The highest BCUT2D eigenvalue weighted by Crippen LogP contribution is 2.30. The molecule has 3 aromatic heterocycles. The SMILES string of the molecule is Cc1cc(C(C)(O)C#Cc2ccc3c(C(C)(C)O)nn(-c4ccnc(N)n4)c3c2)no1. The summed E-state index contributed by atoms with van der Waals surface area (Å²) in [5.74, 6) is 6.98. The molecule has 0 fully saturated rings. The molecule has 4 aromatic rings. The van der Waals surface area contributed by atoms with Crippen molar-refractivity contribution in [2.45, 2.75) is 38.9 Å². The van der Waals surface area contributed by atoms with E-state index in [9.17, 15) is 10.2 Å². The van der Waals surface area contributed by atoms with Gasteiger partial charge >= 0.3 is 0 Å². The van der Waals surface area contributed by atoms with E-state index in [-0.39, 0.29) is 5.95 Å². The third kappa shape index (κ3) is 3.99. The first-order chi connectivity index (χ1) is 14.5. The maximum absolute atomic E-state index is 10.7. The van der Waals surface area contributed by atoms with Crippen LogP contribution in [0.3, 0.4) is 0 Å². The number of nitrogens with two attached hydrogens (primary N) is 1. The molecule has 9 nitrogen and oxygen atoms in total. The van der Waals surface area contributed by atoms with Crippen LogP contribution in [0.2, 0.25) is 0 Å². The summed E-state index contributed by atoms with van der Waals surface area (Å²) in [5.41, 5.74) is 5.23. The molecule has 4 N–H and O–H groups in total. The molecule has 0 aliphatic rings. The maximum atomic E-state index is 10.7.